The number of para-hydroxylation sites is 1. The molecule has 0 saturated carbocycles. The van der Waals surface area contributed by atoms with E-state index in [0.717, 1.165) is 0 Å². The zero-order valence-electron chi connectivity index (χ0n) is 7.68. The highest BCUT2D eigenvalue weighted by Crippen LogP contribution is 2.08. The molecule has 0 atom stereocenters. The first-order valence-corrected chi connectivity index (χ1v) is 3.92. The highest BCUT2D eigenvalue weighted by molar-refractivity contribution is 6.35. The van der Waals surface area contributed by atoms with Crippen LogP contribution in [0.25, 0.3) is 0 Å². The second-order valence-electron chi connectivity index (χ2n) is 2.66. The molecule has 0 radical (unpaired) electrons. The molecule has 0 heterocycles. The van der Waals surface area contributed by atoms with Gasteiger partial charge in [-0.2, -0.15) is 0 Å². The van der Waals surface area contributed by atoms with Gasteiger partial charge < -0.3 is 9.68 Å². The molecule has 5 heteroatoms. The van der Waals surface area contributed by atoms with Gasteiger partial charge in [-0.1, -0.05) is 18.2 Å². The second kappa shape index (κ2) is 4.86. The van der Waals surface area contributed by atoms with Gasteiger partial charge in [-0.25, -0.2) is 5.06 Å². The molecule has 0 bridgehead atoms. The van der Waals surface area contributed by atoms with Crippen molar-refractivity contribution in [2.45, 2.75) is 0 Å². The number of hydroxylamine groups is 2. The molecule has 0 aliphatic rings. The molecule has 0 aliphatic heterocycles. The van der Waals surface area contributed by atoms with E-state index in [1.807, 2.05) is 18.2 Å². The monoisotopic (exact) mass is 181 g/mol. The molecule has 0 unspecified atom stereocenters. The van der Waals surface area contributed by atoms with Gasteiger partial charge in [0.15, 0.2) is 0 Å². The molecular formula is C8H12BNO3. The van der Waals surface area contributed by atoms with E-state index in [9.17, 15) is 5.02 Å². The Labute approximate surface area is 77.8 Å². The van der Waals surface area contributed by atoms with Crippen LogP contribution < -0.4 is 4.65 Å². The number of rotatable bonds is 4. The minimum absolute atomic E-state index is 0.567. The summed E-state index contributed by atoms with van der Waals surface area (Å²) in [4.78, 5) is 0. The van der Waals surface area contributed by atoms with E-state index in [1.165, 1.54) is 5.06 Å². The predicted molar refractivity (Wildman–Crippen MR) is 49.8 cm³/mol. The number of hydrogen-bond donors (Lipinski definition) is 1. The summed E-state index contributed by atoms with van der Waals surface area (Å²) in [6.45, 7) is 0. The summed E-state index contributed by atoms with van der Waals surface area (Å²) in [6.07, 6.45) is 0. The fourth-order valence-electron chi connectivity index (χ4n) is 0.817. The minimum Gasteiger partial charge on any atom is -0.511 e. The Morgan fingerprint density at radius 3 is 2.38 bits per heavy atom. The van der Waals surface area contributed by atoms with Crippen molar-refractivity contribution in [2.24, 2.45) is 0 Å². The van der Waals surface area contributed by atoms with Crippen LogP contribution in [0.4, 0.5) is 0 Å². The van der Waals surface area contributed by atoms with Gasteiger partial charge in [-0.15, -0.1) is 0 Å². The molecule has 0 fully saturated rings. The predicted octanol–water partition coefficient (Wildman–Crippen LogP) is 0.536. The number of nitrogens with zero attached hydrogens (tertiary/aromatic N) is 1. The van der Waals surface area contributed by atoms with E-state index in [0.29, 0.717) is 5.75 Å². The molecule has 0 aromatic heterocycles. The van der Waals surface area contributed by atoms with Crippen molar-refractivity contribution in [3.8, 4) is 5.75 Å². The summed E-state index contributed by atoms with van der Waals surface area (Å²) >= 11 is 0. The zero-order valence-corrected chi connectivity index (χ0v) is 7.68. The molecular weight excluding hydrogens is 169 g/mol. The molecule has 4 nitrogen and oxygen atoms in total. The molecule has 0 saturated heterocycles. The molecule has 70 valence electrons. The highest BCUT2D eigenvalue weighted by Gasteiger charge is 2.19. The van der Waals surface area contributed by atoms with Crippen LogP contribution in [-0.4, -0.2) is 31.5 Å². The van der Waals surface area contributed by atoms with Crippen LogP contribution in [0.1, 0.15) is 0 Å². The Hall–Kier alpha value is -1.04. The van der Waals surface area contributed by atoms with Gasteiger partial charge >= 0.3 is 7.32 Å². The Balaban J connectivity index is 2.41. The van der Waals surface area contributed by atoms with E-state index in [2.05, 4.69) is 0 Å². The molecule has 1 N–H and O–H groups in total. The standard InChI is InChI=1S/C8H12BNO3/c1-10(2)13-9(11)12-8-6-4-3-5-7-8/h3-7,11H,1-2H3. The van der Waals surface area contributed by atoms with Crippen LogP contribution in [0.5, 0.6) is 5.75 Å². The van der Waals surface area contributed by atoms with E-state index >= 15 is 0 Å². The molecule has 0 amide bonds. The van der Waals surface area contributed by atoms with Crippen LogP contribution in [0.3, 0.4) is 0 Å². The van der Waals surface area contributed by atoms with Crippen molar-refractivity contribution in [1.82, 2.24) is 5.06 Å². The van der Waals surface area contributed by atoms with Crippen molar-refractivity contribution in [1.29, 1.82) is 0 Å². The van der Waals surface area contributed by atoms with Crippen molar-refractivity contribution in [2.75, 3.05) is 14.1 Å². The van der Waals surface area contributed by atoms with Crippen molar-refractivity contribution in [3.63, 3.8) is 0 Å². The molecule has 1 aromatic rings. The lowest BCUT2D eigenvalue weighted by Gasteiger charge is -2.13. The molecule has 0 spiro atoms. The lowest BCUT2D eigenvalue weighted by atomic mass is 10.2. The Kier molecular flexibility index (Phi) is 3.76. The third-order valence-electron chi connectivity index (χ3n) is 1.28. The van der Waals surface area contributed by atoms with Gasteiger partial charge in [0.25, 0.3) is 0 Å². The fraction of sp³-hybridized carbons (Fsp3) is 0.250. The van der Waals surface area contributed by atoms with Crippen LogP contribution in [0.15, 0.2) is 30.3 Å². The highest BCUT2D eigenvalue weighted by atomic mass is 16.8. The summed E-state index contributed by atoms with van der Waals surface area (Å²) in [5, 5.41) is 10.6. The third kappa shape index (κ3) is 3.94. The zero-order chi connectivity index (χ0) is 9.68. The maximum absolute atomic E-state index is 9.19. The Morgan fingerprint density at radius 1 is 1.23 bits per heavy atom. The summed E-state index contributed by atoms with van der Waals surface area (Å²) in [7, 11) is 2.06. The second-order valence-corrected chi connectivity index (χ2v) is 2.66. The van der Waals surface area contributed by atoms with E-state index in [1.54, 1.807) is 26.2 Å². The number of benzene rings is 1. The summed E-state index contributed by atoms with van der Waals surface area (Å²) in [6, 6.07) is 8.98. The summed E-state index contributed by atoms with van der Waals surface area (Å²) < 4.78 is 9.84. The topological polar surface area (TPSA) is 41.9 Å². The van der Waals surface area contributed by atoms with Crippen LogP contribution >= 0.6 is 0 Å². The van der Waals surface area contributed by atoms with Gasteiger partial charge in [0, 0.05) is 14.1 Å². The van der Waals surface area contributed by atoms with Gasteiger partial charge in [0.05, 0.1) is 0 Å². The summed E-state index contributed by atoms with van der Waals surface area (Å²) in [5.41, 5.74) is 0. The van der Waals surface area contributed by atoms with Crippen LogP contribution in [-0.2, 0) is 4.76 Å². The van der Waals surface area contributed by atoms with E-state index < -0.39 is 7.32 Å². The first-order chi connectivity index (χ1) is 6.18. The third-order valence-corrected chi connectivity index (χ3v) is 1.28. The average Bonchev–Trinajstić information content (AvgIpc) is 2.04. The van der Waals surface area contributed by atoms with Crippen molar-refractivity contribution < 1.29 is 14.4 Å². The Bertz CT molecular complexity index is 242. The minimum atomic E-state index is -1.27. The molecule has 1 aromatic carbocycles. The Morgan fingerprint density at radius 2 is 1.85 bits per heavy atom. The first-order valence-electron chi connectivity index (χ1n) is 3.92. The quantitative estimate of drug-likeness (QED) is 0.543. The SMILES string of the molecule is CN(C)OB(O)Oc1ccccc1. The van der Waals surface area contributed by atoms with Crippen molar-refractivity contribution in [3.05, 3.63) is 30.3 Å². The van der Waals surface area contributed by atoms with Crippen molar-refractivity contribution >= 4 is 7.32 Å². The molecule has 13 heavy (non-hydrogen) atoms. The number of hydrogen-bond acceptors (Lipinski definition) is 4. The van der Waals surface area contributed by atoms with Gasteiger partial charge in [-0.05, 0) is 12.1 Å². The normalized spacial score (nSPS) is 10.2. The first kappa shape index (κ1) is 10.0. The van der Waals surface area contributed by atoms with Gasteiger partial charge in [0.1, 0.15) is 5.75 Å². The maximum Gasteiger partial charge on any atom is 0.728 e. The van der Waals surface area contributed by atoms with E-state index in [-0.39, 0.29) is 0 Å². The van der Waals surface area contributed by atoms with Crippen LogP contribution in [0, 0.1) is 0 Å². The average molecular weight is 181 g/mol. The van der Waals surface area contributed by atoms with E-state index in [4.69, 9.17) is 9.41 Å². The largest absolute Gasteiger partial charge is 0.728 e. The smallest absolute Gasteiger partial charge is 0.511 e. The van der Waals surface area contributed by atoms with Crippen LogP contribution in [0.2, 0.25) is 0 Å². The summed E-state index contributed by atoms with van der Waals surface area (Å²) in [5.74, 6) is 0.567. The van der Waals surface area contributed by atoms with Gasteiger partial charge in [0.2, 0.25) is 0 Å². The lowest BCUT2D eigenvalue weighted by Crippen LogP contribution is -2.32. The van der Waals surface area contributed by atoms with Gasteiger partial charge in [-0.3, -0.25) is 4.76 Å². The molecule has 1 rings (SSSR count). The fourth-order valence-corrected chi connectivity index (χ4v) is 0.817. The lowest BCUT2D eigenvalue weighted by molar-refractivity contribution is -0.0458. The maximum atomic E-state index is 9.19. The molecule has 0 aliphatic carbocycles.